The minimum atomic E-state index is -3.55. The van der Waals surface area contributed by atoms with Gasteiger partial charge in [0.15, 0.2) is 0 Å². The van der Waals surface area contributed by atoms with Crippen molar-refractivity contribution >= 4 is 21.4 Å². The van der Waals surface area contributed by atoms with E-state index < -0.39 is 10.0 Å². The molecule has 2 N–H and O–H groups in total. The van der Waals surface area contributed by atoms with Crippen molar-refractivity contribution in [2.45, 2.75) is 18.4 Å². The third-order valence-electron chi connectivity index (χ3n) is 2.25. The van der Waals surface area contributed by atoms with Gasteiger partial charge in [-0.2, -0.15) is 0 Å². The Hall–Kier alpha value is -1.44. The minimum Gasteiger partial charge on any atom is -0.508 e. The summed E-state index contributed by atoms with van der Waals surface area (Å²) in [6.45, 7) is 2.08. The molecule has 0 fully saturated rings. The first kappa shape index (κ1) is 13.0. The van der Waals surface area contributed by atoms with Crippen LogP contribution in [0.4, 0.5) is 0 Å². The highest BCUT2D eigenvalue weighted by molar-refractivity contribution is 7.89. The summed E-state index contributed by atoms with van der Waals surface area (Å²) >= 11 is 1.45. The predicted octanol–water partition coefficient (Wildman–Crippen LogP) is 1.64. The first-order valence-corrected chi connectivity index (χ1v) is 7.47. The Bertz CT molecular complexity index is 633. The highest BCUT2D eigenvalue weighted by Gasteiger charge is 2.13. The van der Waals surface area contributed by atoms with Crippen molar-refractivity contribution in [3.63, 3.8) is 0 Å². The van der Waals surface area contributed by atoms with Gasteiger partial charge in [-0.3, -0.25) is 0 Å². The zero-order valence-electron chi connectivity index (χ0n) is 9.62. The first-order chi connectivity index (χ1) is 8.47. The summed E-state index contributed by atoms with van der Waals surface area (Å²) in [6, 6.07) is 5.39. The molecule has 0 radical (unpaired) electrons. The molecule has 0 unspecified atom stereocenters. The second kappa shape index (κ2) is 5.05. The number of thiazole rings is 1. The lowest BCUT2D eigenvalue weighted by atomic mass is 10.3. The first-order valence-electron chi connectivity index (χ1n) is 5.17. The Morgan fingerprint density at radius 1 is 1.33 bits per heavy atom. The number of hydrogen-bond acceptors (Lipinski definition) is 5. The van der Waals surface area contributed by atoms with Gasteiger partial charge in [-0.25, -0.2) is 18.1 Å². The van der Waals surface area contributed by atoms with Crippen molar-refractivity contribution in [1.29, 1.82) is 0 Å². The molecule has 1 aromatic carbocycles. The van der Waals surface area contributed by atoms with Crippen LogP contribution in [0.15, 0.2) is 35.4 Å². The number of sulfonamides is 1. The van der Waals surface area contributed by atoms with E-state index in [2.05, 4.69) is 9.71 Å². The lowest BCUT2D eigenvalue weighted by Crippen LogP contribution is -2.22. The number of aromatic hydroxyl groups is 1. The molecule has 0 aliphatic heterocycles. The van der Waals surface area contributed by atoms with E-state index >= 15 is 0 Å². The van der Waals surface area contributed by atoms with E-state index in [4.69, 9.17) is 5.11 Å². The highest BCUT2D eigenvalue weighted by atomic mass is 32.2. The Morgan fingerprint density at radius 2 is 2.00 bits per heavy atom. The number of phenols is 1. The molecule has 0 aliphatic rings. The third kappa shape index (κ3) is 3.06. The van der Waals surface area contributed by atoms with Crippen molar-refractivity contribution in [3.05, 3.63) is 40.3 Å². The number of rotatable bonds is 4. The van der Waals surface area contributed by atoms with Crippen LogP contribution in [0, 0.1) is 6.92 Å². The largest absolute Gasteiger partial charge is 0.508 e. The predicted molar refractivity (Wildman–Crippen MR) is 69.0 cm³/mol. The number of nitrogens with one attached hydrogen (secondary N) is 1. The van der Waals surface area contributed by atoms with Crippen molar-refractivity contribution in [3.8, 4) is 5.75 Å². The number of hydrogen-bond donors (Lipinski definition) is 2. The second-order valence-electron chi connectivity index (χ2n) is 3.66. The Labute approximate surface area is 109 Å². The van der Waals surface area contributed by atoms with E-state index in [-0.39, 0.29) is 17.2 Å². The number of phenolic OH excluding ortho intramolecular Hbond substituents is 1. The van der Waals surface area contributed by atoms with Gasteiger partial charge in [0.2, 0.25) is 10.0 Å². The van der Waals surface area contributed by atoms with E-state index in [1.165, 1.54) is 35.6 Å². The van der Waals surface area contributed by atoms with Crippen LogP contribution in [-0.2, 0) is 16.6 Å². The van der Waals surface area contributed by atoms with Crippen LogP contribution in [0.2, 0.25) is 0 Å². The van der Waals surface area contributed by atoms with Gasteiger partial charge in [-0.1, -0.05) is 0 Å². The third-order valence-corrected chi connectivity index (χ3v) is 4.58. The van der Waals surface area contributed by atoms with E-state index in [9.17, 15) is 8.42 Å². The molecule has 0 bridgehead atoms. The maximum Gasteiger partial charge on any atom is 0.240 e. The van der Waals surface area contributed by atoms with Gasteiger partial charge in [0.05, 0.1) is 9.90 Å². The molecule has 2 rings (SSSR count). The van der Waals surface area contributed by atoms with Crippen molar-refractivity contribution in [2.24, 2.45) is 0 Å². The summed E-state index contributed by atoms with van der Waals surface area (Å²) < 4.78 is 26.3. The molecule has 5 nitrogen and oxygen atoms in total. The summed E-state index contributed by atoms with van der Waals surface area (Å²) in [5.41, 5.74) is 0. The quantitative estimate of drug-likeness (QED) is 0.894. The number of aromatic nitrogens is 1. The number of nitrogens with zero attached hydrogens (tertiary/aromatic N) is 1. The smallest absolute Gasteiger partial charge is 0.240 e. The van der Waals surface area contributed by atoms with E-state index in [0.717, 1.165) is 9.88 Å². The molecule has 7 heteroatoms. The fraction of sp³-hybridized carbons (Fsp3) is 0.182. The fourth-order valence-corrected chi connectivity index (χ4v) is 3.19. The molecule has 0 atom stereocenters. The zero-order valence-corrected chi connectivity index (χ0v) is 11.3. The summed E-state index contributed by atoms with van der Waals surface area (Å²) in [5, 5.41) is 10.0. The molecule has 0 spiro atoms. The Balaban J connectivity index is 2.10. The number of benzene rings is 1. The van der Waals surface area contributed by atoms with Crippen LogP contribution in [0.25, 0.3) is 0 Å². The van der Waals surface area contributed by atoms with Crippen LogP contribution >= 0.6 is 11.3 Å². The molecule has 1 aromatic heterocycles. The lowest BCUT2D eigenvalue weighted by Gasteiger charge is -2.05. The number of aryl methyl sites for hydroxylation is 1. The molecule has 96 valence electrons. The van der Waals surface area contributed by atoms with Gasteiger partial charge in [0.1, 0.15) is 5.75 Å². The summed E-state index contributed by atoms with van der Waals surface area (Å²) in [6.07, 6.45) is 1.65. The fourth-order valence-electron chi connectivity index (χ4n) is 1.36. The summed E-state index contributed by atoms with van der Waals surface area (Å²) in [7, 11) is -3.55. The molecule has 0 aliphatic carbocycles. The highest BCUT2D eigenvalue weighted by Crippen LogP contribution is 2.16. The molecular formula is C11H12N2O3S2. The minimum absolute atomic E-state index is 0.0343. The second-order valence-corrected chi connectivity index (χ2v) is 6.75. The van der Waals surface area contributed by atoms with Crippen LogP contribution in [0.5, 0.6) is 5.75 Å². The maximum absolute atomic E-state index is 11.9. The van der Waals surface area contributed by atoms with Gasteiger partial charge in [-0.05, 0) is 31.2 Å². The van der Waals surface area contributed by atoms with Crippen molar-refractivity contribution < 1.29 is 13.5 Å². The average molecular weight is 284 g/mol. The van der Waals surface area contributed by atoms with Crippen LogP contribution in [0.3, 0.4) is 0 Å². The van der Waals surface area contributed by atoms with E-state index in [1.54, 1.807) is 6.20 Å². The summed E-state index contributed by atoms with van der Waals surface area (Å²) in [5.74, 6) is 0.0343. The van der Waals surface area contributed by atoms with Gasteiger partial charge in [0.25, 0.3) is 0 Å². The molecule has 2 aromatic rings. The Kier molecular flexibility index (Phi) is 3.65. The van der Waals surface area contributed by atoms with Crippen LogP contribution in [-0.4, -0.2) is 18.5 Å². The zero-order chi connectivity index (χ0) is 13.2. The molecule has 1 heterocycles. The monoisotopic (exact) mass is 284 g/mol. The summed E-state index contributed by atoms with van der Waals surface area (Å²) in [4.78, 5) is 5.04. The topological polar surface area (TPSA) is 79.3 Å². The molecule has 18 heavy (non-hydrogen) atoms. The molecule has 0 amide bonds. The SMILES string of the molecule is Cc1ncc(CNS(=O)(=O)c2ccc(O)cc2)s1. The van der Waals surface area contributed by atoms with Crippen molar-refractivity contribution in [1.82, 2.24) is 9.71 Å². The van der Waals surface area contributed by atoms with Crippen LogP contribution in [0.1, 0.15) is 9.88 Å². The molecular weight excluding hydrogens is 272 g/mol. The normalized spacial score (nSPS) is 11.6. The standard InChI is InChI=1S/C11H12N2O3S2/c1-8-12-6-10(17-8)7-13-18(15,16)11-4-2-9(14)3-5-11/h2-6,13-14H,7H2,1H3. The van der Waals surface area contributed by atoms with E-state index in [1.807, 2.05) is 6.92 Å². The maximum atomic E-state index is 11.9. The van der Waals surface area contributed by atoms with Crippen molar-refractivity contribution in [2.75, 3.05) is 0 Å². The van der Waals surface area contributed by atoms with Gasteiger partial charge >= 0.3 is 0 Å². The van der Waals surface area contributed by atoms with Gasteiger partial charge in [-0.15, -0.1) is 11.3 Å². The average Bonchev–Trinajstić information content (AvgIpc) is 2.73. The van der Waals surface area contributed by atoms with E-state index in [0.29, 0.717) is 0 Å². The Morgan fingerprint density at radius 3 is 2.56 bits per heavy atom. The van der Waals surface area contributed by atoms with Crippen LogP contribution < -0.4 is 4.72 Å². The lowest BCUT2D eigenvalue weighted by molar-refractivity contribution is 0.474. The van der Waals surface area contributed by atoms with Gasteiger partial charge in [0, 0.05) is 17.6 Å². The van der Waals surface area contributed by atoms with Gasteiger partial charge < -0.3 is 5.11 Å². The molecule has 0 saturated carbocycles. The molecule has 0 saturated heterocycles.